The van der Waals surface area contributed by atoms with Gasteiger partial charge in [0.1, 0.15) is 8.07 Å². The van der Waals surface area contributed by atoms with E-state index in [1.807, 2.05) is 27.7 Å². The van der Waals surface area contributed by atoms with E-state index in [1.165, 1.54) is 0 Å². The first kappa shape index (κ1) is 16.7. The van der Waals surface area contributed by atoms with Gasteiger partial charge in [-0.05, 0) is 34.1 Å². The monoisotopic (exact) mass is 256 g/mol. The van der Waals surface area contributed by atoms with Crippen LogP contribution in [0.4, 0.5) is 0 Å². The smallest absolute Gasteiger partial charge is 0.157 e. The fourth-order valence-electron chi connectivity index (χ4n) is 1.22. The van der Waals surface area contributed by atoms with E-state index in [-0.39, 0.29) is 5.60 Å². The quantitative estimate of drug-likeness (QED) is 0.318. The van der Waals surface area contributed by atoms with E-state index in [9.17, 15) is 0 Å². The molecule has 0 heterocycles. The molecule has 0 aliphatic heterocycles. The van der Waals surface area contributed by atoms with Gasteiger partial charge in [0.2, 0.25) is 0 Å². The molecule has 2 nitrogen and oxygen atoms in total. The summed E-state index contributed by atoms with van der Waals surface area (Å²) in [5, 5.41) is 0. The van der Waals surface area contributed by atoms with Gasteiger partial charge in [0.05, 0.1) is 5.60 Å². The Labute approximate surface area is 108 Å². The number of hydrogen-bond donors (Lipinski definition) is 0. The van der Waals surface area contributed by atoms with E-state index >= 15 is 0 Å². The van der Waals surface area contributed by atoms with E-state index in [0.717, 1.165) is 12.8 Å². The Kier molecular flexibility index (Phi) is 5.93. The van der Waals surface area contributed by atoms with Crippen molar-refractivity contribution in [3.05, 3.63) is 0 Å². The van der Waals surface area contributed by atoms with Crippen molar-refractivity contribution in [3.8, 4) is 11.5 Å². The van der Waals surface area contributed by atoms with Gasteiger partial charge in [-0.1, -0.05) is 38.9 Å². The Balaban J connectivity index is 4.40. The second kappa shape index (κ2) is 6.04. The third kappa shape index (κ3) is 9.40. The van der Waals surface area contributed by atoms with Crippen molar-refractivity contribution in [2.45, 2.75) is 78.3 Å². The highest BCUT2D eigenvalue weighted by Crippen LogP contribution is 2.20. The lowest BCUT2D eigenvalue weighted by molar-refractivity contribution is -0.389. The zero-order valence-electron chi connectivity index (χ0n) is 12.7. The van der Waals surface area contributed by atoms with Crippen molar-refractivity contribution < 1.29 is 9.78 Å². The number of hydrogen-bond acceptors (Lipinski definition) is 2. The summed E-state index contributed by atoms with van der Waals surface area (Å²) in [6.45, 7) is 16.8. The highest BCUT2D eigenvalue weighted by atomic mass is 28.3. The predicted octanol–water partition coefficient (Wildman–Crippen LogP) is 4.17. The Bertz CT molecular complexity index is 290. The maximum Gasteiger partial charge on any atom is 0.157 e. The van der Waals surface area contributed by atoms with Crippen LogP contribution in [0.25, 0.3) is 0 Å². The fraction of sp³-hybridized carbons (Fsp3) is 0.857. The molecule has 0 spiro atoms. The Morgan fingerprint density at radius 2 is 1.53 bits per heavy atom. The second-order valence-electron chi connectivity index (χ2n) is 6.69. The van der Waals surface area contributed by atoms with Crippen molar-refractivity contribution in [1.29, 1.82) is 0 Å². The molecule has 0 bridgehead atoms. The molecule has 0 rings (SSSR count). The summed E-state index contributed by atoms with van der Waals surface area (Å²) in [6, 6.07) is 0. The molecule has 0 aliphatic rings. The fourth-order valence-corrected chi connectivity index (χ4v) is 1.90. The Morgan fingerprint density at radius 3 is 1.94 bits per heavy atom. The van der Waals surface area contributed by atoms with Crippen LogP contribution >= 0.6 is 0 Å². The van der Waals surface area contributed by atoms with E-state index < -0.39 is 13.7 Å². The molecule has 0 aromatic carbocycles. The summed E-state index contributed by atoms with van der Waals surface area (Å²) in [6.07, 6.45) is 2.06. The molecular formula is C14H28O2Si. The van der Waals surface area contributed by atoms with E-state index in [4.69, 9.17) is 9.78 Å². The van der Waals surface area contributed by atoms with Crippen LogP contribution in [0.2, 0.25) is 19.6 Å². The minimum absolute atomic E-state index is 0.243. The minimum atomic E-state index is -1.35. The SMILES string of the molecule is CCCC(C)(C)OOC(C)(C)C#C[Si](C)(C)C. The van der Waals surface area contributed by atoms with Crippen molar-refractivity contribution in [2.24, 2.45) is 0 Å². The zero-order chi connectivity index (χ0) is 13.7. The van der Waals surface area contributed by atoms with Crippen molar-refractivity contribution in [2.75, 3.05) is 0 Å². The number of rotatable bonds is 5. The average molecular weight is 256 g/mol. The van der Waals surface area contributed by atoms with Crippen molar-refractivity contribution >= 4 is 8.07 Å². The lowest BCUT2D eigenvalue weighted by Gasteiger charge is -2.27. The molecule has 0 unspecified atom stereocenters. The van der Waals surface area contributed by atoms with Crippen LogP contribution in [-0.4, -0.2) is 19.3 Å². The summed E-state index contributed by atoms with van der Waals surface area (Å²) in [5.41, 5.74) is 2.53. The molecule has 100 valence electrons. The van der Waals surface area contributed by atoms with Crippen molar-refractivity contribution in [3.63, 3.8) is 0 Å². The standard InChI is InChI=1S/C14H28O2Si/c1-9-10-13(2,3)15-16-14(4,5)11-12-17(6,7)8/h9-10H2,1-8H3. The summed E-state index contributed by atoms with van der Waals surface area (Å²) >= 11 is 0. The van der Waals surface area contributed by atoms with Crippen LogP contribution < -0.4 is 0 Å². The molecule has 0 radical (unpaired) electrons. The topological polar surface area (TPSA) is 18.5 Å². The van der Waals surface area contributed by atoms with Gasteiger partial charge in [0.15, 0.2) is 5.60 Å². The van der Waals surface area contributed by atoms with Gasteiger partial charge in [0, 0.05) is 0 Å². The molecule has 0 fully saturated rings. The molecule has 0 N–H and O–H groups in total. The lowest BCUT2D eigenvalue weighted by atomic mass is 10.0. The third-order valence-corrected chi connectivity index (χ3v) is 2.94. The predicted molar refractivity (Wildman–Crippen MR) is 76.4 cm³/mol. The van der Waals surface area contributed by atoms with Crippen LogP contribution in [0, 0.1) is 11.5 Å². The maximum atomic E-state index is 5.51. The molecule has 0 amide bonds. The van der Waals surface area contributed by atoms with Gasteiger partial charge in [-0.2, -0.15) is 0 Å². The second-order valence-corrected chi connectivity index (χ2v) is 11.4. The highest BCUT2D eigenvalue weighted by Gasteiger charge is 2.25. The summed E-state index contributed by atoms with van der Waals surface area (Å²) in [5.74, 6) is 3.18. The molecule has 0 aromatic rings. The van der Waals surface area contributed by atoms with Crippen LogP contribution in [-0.2, 0) is 9.78 Å². The van der Waals surface area contributed by atoms with Crippen LogP contribution in [0.1, 0.15) is 47.5 Å². The first-order valence-electron chi connectivity index (χ1n) is 6.39. The molecule has 0 saturated heterocycles. The Morgan fingerprint density at radius 1 is 1.00 bits per heavy atom. The van der Waals surface area contributed by atoms with Gasteiger partial charge >= 0.3 is 0 Å². The van der Waals surface area contributed by atoms with Gasteiger partial charge in [-0.15, -0.1) is 5.54 Å². The Hall–Kier alpha value is -0.303. The first-order valence-corrected chi connectivity index (χ1v) is 9.89. The van der Waals surface area contributed by atoms with Gasteiger partial charge in [-0.3, -0.25) is 0 Å². The summed E-state index contributed by atoms with van der Waals surface area (Å²) in [7, 11) is -1.35. The molecule has 0 aliphatic carbocycles. The van der Waals surface area contributed by atoms with E-state index in [0.29, 0.717) is 0 Å². The maximum absolute atomic E-state index is 5.51. The van der Waals surface area contributed by atoms with Crippen LogP contribution in [0.5, 0.6) is 0 Å². The molecule has 0 atom stereocenters. The van der Waals surface area contributed by atoms with E-state index in [2.05, 4.69) is 38.0 Å². The molecule has 0 aromatic heterocycles. The average Bonchev–Trinajstić information content (AvgIpc) is 2.12. The highest BCUT2D eigenvalue weighted by molar-refractivity contribution is 6.83. The summed E-state index contributed by atoms with van der Waals surface area (Å²) < 4.78 is 0. The van der Waals surface area contributed by atoms with Gasteiger partial charge in [-0.25, -0.2) is 9.78 Å². The lowest BCUT2D eigenvalue weighted by Crippen LogP contribution is -2.32. The third-order valence-electron chi connectivity index (χ3n) is 2.07. The van der Waals surface area contributed by atoms with Crippen LogP contribution in [0.3, 0.4) is 0 Å². The minimum Gasteiger partial charge on any atom is -0.229 e. The zero-order valence-corrected chi connectivity index (χ0v) is 13.7. The van der Waals surface area contributed by atoms with E-state index in [1.54, 1.807) is 0 Å². The largest absolute Gasteiger partial charge is 0.229 e. The molecular weight excluding hydrogens is 228 g/mol. The van der Waals surface area contributed by atoms with Crippen LogP contribution in [0.15, 0.2) is 0 Å². The van der Waals surface area contributed by atoms with Gasteiger partial charge in [0.25, 0.3) is 0 Å². The van der Waals surface area contributed by atoms with Crippen molar-refractivity contribution in [1.82, 2.24) is 0 Å². The first-order chi connectivity index (χ1) is 7.47. The van der Waals surface area contributed by atoms with Gasteiger partial charge < -0.3 is 0 Å². The summed E-state index contributed by atoms with van der Waals surface area (Å²) in [4.78, 5) is 11.0. The normalized spacial score (nSPS) is 13.2. The molecule has 3 heteroatoms. The molecule has 0 saturated carbocycles. The molecule has 17 heavy (non-hydrogen) atoms.